The fraction of sp³-hybridized carbons (Fsp3) is 0.448. The summed E-state index contributed by atoms with van der Waals surface area (Å²) >= 11 is 0. The van der Waals surface area contributed by atoms with Gasteiger partial charge < -0.3 is 15.4 Å². The summed E-state index contributed by atoms with van der Waals surface area (Å²) in [5, 5.41) is 10.00. The van der Waals surface area contributed by atoms with Gasteiger partial charge >= 0.3 is 12.3 Å². The zero-order chi connectivity index (χ0) is 30.9. The summed E-state index contributed by atoms with van der Waals surface area (Å²) in [5.41, 5.74) is 2.45. The quantitative estimate of drug-likeness (QED) is 0.318. The van der Waals surface area contributed by atoms with Gasteiger partial charge in [-0.3, -0.25) is 9.20 Å². The molecular weight excluding hydrogens is 565 g/mol. The molecule has 2 N–H and O–H groups in total. The smallest absolute Gasteiger partial charge is 0.407 e. The lowest BCUT2D eigenvalue weighted by atomic mass is 9.98. The molecular formula is C29H33F3N8O3. The van der Waals surface area contributed by atoms with Crippen LogP contribution in [0.25, 0.3) is 17.2 Å². The largest absolute Gasteiger partial charge is 0.444 e. The van der Waals surface area contributed by atoms with E-state index in [9.17, 15) is 22.8 Å². The third-order valence-corrected chi connectivity index (χ3v) is 6.99. The van der Waals surface area contributed by atoms with Gasteiger partial charge in [0.05, 0.1) is 11.6 Å². The van der Waals surface area contributed by atoms with Crippen molar-refractivity contribution in [2.45, 2.75) is 78.4 Å². The van der Waals surface area contributed by atoms with Crippen molar-refractivity contribution in [3.8, 4) is 11.4 Å². The second-order valence-electron chi connectivity index (χ2n) is 11.4. The average Bonchev–Trinajstić information content (AvgIpc) is 3.54. The number of imidazole rings is 1. The molecule has 2 amide bonds. The molecule has 228 valence electrons. The number of nitrogens with one attached hydrogen (secondary N) is 2. The average molecular weight is 599 g/mol. The van der Waals surface area contributed by atoms with Crippen molar-refractivity contribution in [1.82, 2.24) is 39.8 Å². The number of aryl methyl sites for hydroxylation is 2. The molecule has 3 aromatic heterocycles. The van der Waals surface area contributed by atoms with Crippen molar-refractivity contribution >= 4 is 17.8 Å². The van der Waals surface area contributed by atoms with Gasteiger partial charge in [0.15, 0.2) is 5.82 Å². The van der Waals surface area contributed by atoms with Gasteiger partial charge in [-0.1, -0.05) is 31.2 Å². The number of halogens is 3. The maximum Gasteiger partial charge on any atom is 0.407 e. The Kier molecular flexibility index (Phi) is 8.12. The first-order chi connectivity index (χ1) is 20.3. The van der Waals surface area contributed by atoms with E-state index in [4.69, 9.17) is 4.74 Å². The van der Waals surface area contributed by atoms with Crippen LogP contribution in [0.15, 0.2) is 36.7 Å². The van der Waals surface area contributed by atoms with Gasteiger partial charge in [-0.25, -0.2) is 24.4 Å². The molecule has 0 radical (unpaired) electrons. The molecule has 1 aliphatic rings. The third kappa shape index (κ3) is 6.95. The zero-order valence-electron chi connectivity index (χ0n) is 24.3. The standard InChI is InChI=1S/C29H33F3N8O3/c1-5-21-23(39-16-18(14-34-26(39)36-21)15-35-27(42)43-28(2,3)4)25(41)33-13-17-6-8-19(9-7-17)24-37-22-12-20(29(30,31)32)10-11-40(22)38-24/h6-9,14,16,20H,5,10-13,15H2,1-4H3,(H,33,41)(H,35,42). The Labute approximate surface area is 245 Å². The van der Waals surface area contributed by atoms with Gasteiger partial charge in [-0.05, 0) is 39.2 Å². The number of nitrogens with zero attached hydrogens (tertiary/aromatic N) is 6. The van der Waals surface area contributed by atoms with Crippen molar-refractivity contribution in [2.75, 3.05) is 0 Å². The fourth-order valence-electron chi connectivity index (χ4n) is 4.83. The van der Waals surface area contributed by atoms with E-state index in [0.29, 0.717) is 46.4 Å². The van der Waals surface area contributed by atoms with Crippen LogP contribution in [0.3, 0.4) is 0 Å². The maximum absolute atomic E-state index is 13.3. The molecule has 1 unspecified atom stereocenters. The van der Waals surface area contributed by atoms with Crippen molar-refractivity contribution in [2.24, 2.45) is 5.92 Å². The van der Waals surface area contributed by atoms with Crippen LogP contribution in [0.5, 0.6) is 0 Å². The molecule has 4 aromatic rings. The summed E-state index contributed by atoms with van der Waals surface area (Å²) in [6, 6.07) is 7.18. The SMILES string of the molecule is CCc1nc2ncc(CNC(=O)OC(C)(C)C)cn2c1C(=O)NCc1ccc(-c2nc3n(n2)CCC(C(F)(F)F)C3)cc1. The lowest BCUT2D eigenvalue weighted by Gasteiger charge is -2.24. The van der Waals surface area contributed by atoms with Crippen LogP contribution in [0.4, 0.5) is 18.0 Å². The number of amides is 2. The first-order valence-corrected chi connectivity index (χ1v) is 14.0. The van der Waals surface area contributed by atoms with E-state index in [-0.39, 0.29) is 38.4 Å². The number of benzene rings is 1. The second kappa shape index (κ2) is 11.7. The summed E-state index contributed by atoms with van der Waals surface area (Å²) in [4.78, 5) is 38.6. The Morgan fingerprint density at radius 3 is 2.44 bits per heavy atom. The molecule has 5 rings (SSSR count). The number of ether oxygens (including phenoxy) is 1. The number of hydrogen-bond donors (Lipinski definition) is 2. The van der Waals surface area contributed by atoms with Crippen LogP contribution in [-0.2, 0) is 37.2 Å². The minimum atomic E-state index is -4.25. The molecule has 0 spiro atoms. The van der Waals surface area contributed by atoms with E-state index in [1.54, 1.807) is 54.4 Å². The number of alkyl halides is 3. The number of carbonyl (C=O) groups is 2. The number of alkyl carbamates (subject to hydrolysis) is 1. The number of carbonyl (C=O) groups excluding carboxylic acids is 2. The number of hydrogen-bond acceptors (Lipinski definition) is 7. The second-order valence-corrected chi connectivity index (χ2v) is 11.4. The predicted molar refractivity (Wildman–Crippen MR) is 150 cm³/mol. The first kappa shape index (κ1) is 30.0. The van der Waals surface area contributed by atoms with Crippen LogP contribution in [-0.4, -0.2) is 52.9 Å². The Bertz CT molecular complexity index is 1640. The molecule has 4 heterocycles. The van der Waals surface area contributed by atoms with Crippen LogP contribution in [0.2, 0.25) is 0 Å². The zero-order valence-corrected chi connectivity index (χ0v) is 24.3. The van der Waals surface area contributed by atoms with Crippen molar-refractivity contribution in [1.29, 1.82) is 0 Å². The minimum Gasteiger partial charge on any atom is -0.444 e. The molecule has 0 saturated heterocycles. The predicted octanol–water partition coefficient (Wildman–Crippen LogP) is 4.63. The van der Waals surface area contributed by atoms with Gasteiger partial charge in [0.2, 0.25) is 5.78 Å². The Morgan fingerprint density at radius 2 is 1.77 bits per heavy atom. The van der Waals surface area contributed by atoms with E-state index < -0.39 is 23.8 Å². The molecule has 0 saturated carbocycles. The highest BCUT2D eigenvalue weighted by atomic mass is 19.4. The lowest BCUT2D eigenvalue weighted by molar-refractivity contribution is -0.179. The topological polar surface area (TPSA) is 128 Å². The summed E-state index contributed by atoms with van der Waals surface area (Å²) in [6.45, 7) is 7.78. The van der Waals surface area contributed by atoms with Gasteiger partial charge in [0.25, 0.3) is 5.91 Å². The highest BCUT2D eigenvalue weighted by Gasteiger charge is 2.42. The number of fused-ring (bicyclic) bond motifs is 2. The molecule has 1 atom stereocenters. The maximum atomic E-state index is 13.3. The number of aromatic nitrogens is 6. The summed E-state index contributed by atoms with van der Waals surface area (Å²) < 4.78 is 47.9. The molecule has 1 aromatic carbocycles. The summed E-state index contributed by atoms with van der Waals surface area (Å²) in [6.07, 6.45) is -1.19. The van der Waals surface area contributed by atoms with Gasteiger partial charge in [0, 0.05) is 49.6 Å². The molecule has 0 bridgehead atoms. The first-order valence-electron chi connectivity index (χ1n) is 14.0. The third-order valence-electron chi connectivity index (χ3n) is 6.99. The minimum absolute atomic E-state index is 0.00942. The normalized spacial score (nSPS) is 15.3. The van der Waals surface area contributed by atoms with Gasteiger partial charge in [-0.2, -0.15) is 18.3 Å². The van der Waals surface area contributed by atoms with Crippen molar-refractivity contribution < 1.29 is 27.5 Å². The van der Waals surface area contributed by atoms with Crippen LogP contribution < -0.4 is 10.6 Å². The van der Waals surface area contributed by atoms with E-state index >= 15 is 0 Å². The van der Waals surface area contributed by atoms with E-state index in [1.807, 2.05) is 19.1 Å². The van der Waals surface area contributed by atoms with Crippen molar-refractivity contribution in [3.05, 3.63) is 65.0 Å². The van der Waals surface area contributed by atoms with Crippen LogP contribution >= 0.6 is 0 Å². The van der Waals surface area contributed by atoms with Gasteiger partial charge in [-0.15, -0.1) is 0 Å². The van der Waals surface area contributed by atoms with E-state index in [2.05, 4.69) is 30.7 Å². The Morgan fingerprint density at radius 1 is 1.05 bits per heavy atom. The lowest BCUT2D eigenvalue weighted by Crippen LogP contribution is -2.32. The molecule has 0 aliphatic carbocycles. The highest BCUT2D eigenvalue weighted by Crippen LogP contribution is 2.34. The molecule has 43 heavy (non-hydrogen) atoms. The molecule has 11 nitrogen and oxygen atoms in total. The van der Waals surface area contributed by atoms with E-state index in [0.717, 1.165) is 5.56 Å². The van der Waals surface area contributed by atoms with Crippen LogP contribution in [0.1, 0.15) is 67.2 Å². The van der Waals surface area contributed by atoms with E-state index in [1.165, 1.54) is 0 Å². The molecule has 1 aliphatic heterocycles. The molecule has 0 fully saturated rings. The monoisotopic (exact) mass is 598 g/mol. The highest BCUT2D eigenvalue weighted by molar-refractivity contribution is 5.94. The number of rotatable bonds is 7. The summed E-state index contributed by atoms with van der Waals surface area (Å²) in [5.74, 6) is -0.672. The Balaban J connectivity index is 1.25. The fourth-order valence-corrected chi connectivity index (χ4v) is 4.83. The van der Waals surface area contributed by atoms with Gasteiger partial charge in [0.1, 0.15) is 17.1 Å². The Hall–Kier alpha value is -4.49. The summed E-state index contributed by atoms with van der Waals surface area (Å²) in [7, 11) is 0. The molecule has 14 heteroatoms. The van der Waals surface area contributed by atoms with Crippen molar-refractivity contribution in [3.63, 3.8) is 0 Å². The van der Waals surface area contributed by atoms with Crippen LogP contribution in [0, 0.1) is 5.92 Å².